The fourth-order valence-corrected chi connectivity index (χ4v) is 3.28. The van der Waals surface area contributed by atoms with Gasteiger partial charge in [-0.3, -0.25) is 10.1 Å². The van der Waals surface area contributed by atoms with Crippen molar-refractivity contribution in [3.63, 3.8) is 0 Å². The highest BCUT2D eigenvalue weighted by molar-refractivity contribution is 7.17. The van der Waals surface area contributed by atoms with Gasteiger partial charge in [0.1, 0.15) is 4.88 Å². The first kappa shape index (κ1) is 19.2. The van der Waals surface area contributed by atoms with Crippen LogP contribution >= 0.6 is 34.5 Å². The number of urea groups is 1. The molecule has 0 atom stereocenters. The SMILES string of the molecule is Cc1nc(NC(=O)Nc2ccc(Cl)cc2)sc1C(=O)Nc1ccc(Cl)cc1. The average Bonchev–Trinajstić information content (AvgIpc) is 2.99. The highest BCUT2D eigenvalue weighted by atomic mass is 35.5. The third kappa shape index (κ3) is 5.19. The van der Waals surface area contributed by atoms with E-state index in [1.54, 1.807) is 55.5 Å². The second-order valence-corrected chi connectivity index (χ2v) is 7.35. The molecule has 3 N–H and O–H groups in total. The van der Waals surface area contributed by atoms with Gasteiger partial charge in [-0.1, -0.05) is 34.5 Å². The topological polar surface area (TPSA) is 83.1 Å². The van der Waals surface area contributed by atoms with Crippen LogP contribution in [-0.4, -0.2) is 16.9 Å². The number of benzene rings is 2. The summed E-state index contributed by atoms with van der Waals surface area (Å²) in [6.07, 6.45) is 0. The fraction of sp³-hybridized carbons (Fsp3) is 0.0556. The first-order valence-electron chi connectivity index (χ1n) is 7.78. The van der Waals surface area contributed by atoms with E-state index < -0.39 is 6.03 Å². The van der Waals surface area contributed by atoms with Gasteiger partial charge in [0, 0.05) is 21.4 Å². The van der Waals surface area contributed by atoms with Crippen LogP contribution in [0.3, 0.4) is 0 Å². The molecule has 2 aromatic carbocycles. The summed E-state index contributed by atoms with van der Waals surface area (Å²) in [5, 5.41) is 9.53. The van der Waals surface area contributed by atoms with E-state index >= 15 is 0 Å². The molecule has 6 nitrogen and oxygen atoms in total. The number of carbonyl (C=O) groups excluding carboxylic acids is 2. The zero-order chi connectivity index (χ0) is 19.4. The molecular formula is C18H14Cl2N4O2S. The number of carbonyl (C=O) groups is 2. The third-order valence-corrected chi connectivity index (χ3v) is 5.00. The van der Waals surface area contributed by atoms with E-state index in [2.05, 4.69) is 20.9 Å². The first-order valence-corrected chi connectivity index (χ1v) is 9.36. The summed E-state index contributed by atoms with van der Waals surface area (Å²) >= 11 is 12.7. The van der Waals surface area contributed by atoms with Gasteiger partial charge in [-0.2, -0.15) is 0 Å². The molecule has 138 valence electrons. The molecule has 0 fully saturated rings. The largest absolute Gasteiger partial charge is 0.325 e. The normalized spacial score (nSPS) is 10.3. The number of anilines is 3. The molecule has 3 amide bonds. The summed E-state index contributed by atoms with van der Waals surface area (Å²) in [5.41, 5.74) is 1.73. The quantitative estimate of drug-likeness (QED) is 0.509. The number of rotatable bonds is 4. The molecule has 0 aliphatic carbocycles. The molecule has 0 aliphatic rings. The van der Waals surface area contributed by atoms with Crippen LogP contribution in [0.2, 0.25) is 10.0 Å². The maximum absolute atomic E-state index is 12.4. The van der Waals surface area contributed by atoms with Crippen LogP contribution in [0.5, 0.6) is 0 Å². The molecule has 3 rings (SSSR count). The lowest BCUT2D eigenvalue weighted by molar-refractivity contribution is 0.103. The maximum Gasteiger partial charge on any atom is 0.325 e. The molecule has 27 heavy (non-hydrogen) atoms. The Labute approximate surface area is 169 Å². The summed E-state index contributed by atoms with van der Waals surface area (Å²) in [4.78, 5) is 29.1. The van der Waals surface area contributed by atoms with Crippen molar-refractivity contribution in [2.75, 3.05) is 16.0 Å². The Bertz CT molecular complexity index is 972. The van der Waals surface area contributed by atoms with Gasteiger partial charge in [0.15, 0.2) is 5.13 Å². The minimum absolute atomic E-state index is 0.307. The van der Waals surface area contributed by atoms with Crippen LogP contribution in [0.1, 0.15) is 15.4 Å². The third-order valence-electron chi connectivity index (χ3n) is 3.43. The fourth-order valence-electron chi connectivity index (χ4n) is 2.17. The Morgan fingerprint density at radius 1 is 0.852 bits per heavy atom. The van der Waals surface area contributed by atoms with Crippen molar-refractivity contribution < 1.29 is 9.59 Å². The highest BCUT2D eigenvalue weighted by Crippen LogP contribution is 2.24. The Morgan fingerprint density at radius 3 is 1.93 bits per heavy atom. The molecule has 0 bridgehead atoms. The number of thiazole rings is 1. The van der Waals surface area contributed by atoms with Gasteiger partial charge in [0.25, 0.3) is 5.91 Å². The molecule has 0 spiro atoms. The smallest absolute Gasteiger partial charge is 0.321 e. The number of aromatic nitrogens is 1. The van der Waals surface area contributed by atoms with E-state index in [4.69, 9.17) is 23.2 Å². The van der Waals surface area contributed by atoms with E-state index in [1.165, 1.54) is 0 Å². The van der Waals surface area contributed by atoms with Gasteiger partial charge in [-0.15, -0.1) is 0 Å². The number of aryl methyl sites for hydroxylation is 1. The monoisotopic (exact) mass is 420 g/mol. The van der Waals surface area contributed by atoms with Crippen LogP contribution in [0.4, 0.5) is 21.3 Å². The first-order chi connectivity index (χ1) is 12.9. The van der Waals surface area contributed by atoms with Crippen LogP contribution < -0.4 is 16.0 Å². The number of amides is 3. The molecule has 0 aliphatic heterocycles. The summed E-state index contributed by atoms with van der Waals surface area (Å²) in [6.45, 7) is 1.70. The second-order valence-electron chi connectivity index (χ2n) is 5.48. The Morgan fingerprint density at radius 2 is 1.37 bits per heavy atom. The number of nitrogens with zero attached hydrogens (tertiary/aromatic N) is 1. The van der Waals surface area contributed by atoms with Crippen LogP contribution in [0.25, 0.3) is 0 Å². The predicted octanol–water partition coefficient (Wildman–Crippen LogP) is 5.65. The van der Waals surface area contributed by atoms with E-state index in [0.717, 1.165) is 11.3 Å². The molecule has 3 aromatic rings. The van der Waals surface area contributed by atoms with Gasteiger partial charge < -0.3 is 10.6 Å². The molecule has 0 unspecified atom stereocenters. The van der Waals surface area contributed by atoms with Crippen molar-refractivity contribution in [3.8, 4) is 0 Å². The van der Waals surface area contributed by atoms with Crippen molar-refractivity contribution in [1.82, 2.24) is 4.98 Å². The van der Waals surface area contributed by atoms with Crippen LogP contribution in [0, 0.1) is 6.92 Å². The predicted molar refractivity (Wildman–Crippen MR) is 110 cm³/mol. The standard InChI is InChI=1S/C18H14Cl2N4O2S/c1-10-15(16(25)22-13-6-2-11(19)3-7-13)27-18(21-10)24-17(26)23-14-8-4-12(20)5-9-14/h2-9H,1H3,(H,22,25)(H2,21,23,24,26). The molecule has 1 aromatic heterocycles. The van der Waals surface area contributed by atoms with Crippen LogP contribution in [-0.2, 0) is 0 Å². The lowest BCUT2D eigenvalue weighted by Gasteiger charge is -2.05. The molecular weight excluding hydrogens is 407 g/mol. The number of hydrogen-bond donors (Lipinski definition) is 3. The maximum atomic E-state index is 12.4. The van der Waals surface area contributed by atoms with Gasteiger partial charge >= 0.3 is 6.03 Å². The van der Waals surface area contributed by atoms with Crippen LogP contribution in [0.15, 0.2) is 48.5 Å². The van der Waals surface area contributed by atoms with Gasteiger partial charge in [0.2, 0.25) is 0 Å². The number of nitrogens with one attached hydrogen (secondary N) is 3. The van der Waals surface area contributed by atoms with Crippen molar-refractivity contribution in [2.45, 2.75) is 6.92 Å². The Hall–Kier alpha value is -2.61. The Kier molecular flexibility index (Phi) is 5.95. The molecule has 0 saturated heterocycles. The van der Waals surface area contributed by atoms with E-state index in [0.29, 0.717) is 37.1 Å². The molecule has 9 heteroatoms. The summed E-state index contributed by atoms with van der Waals surface area (Å²) in [7, 11) is 0. The van der Waals surface area contributed by atoms with Gasteiger partial charge in [-0.25, -0.2) is 9.78 Å². The lowest BCUT2D eigenvalue weighted by atomic mass is 10.3. The molecule has 1 heterocycles. The van der Waals surface area contributed by atoms with E-state index in [9.17, 15) is 9.59 Å². The van der Waals surface area contributed by atoms with E-state index in [1.807, 2.05) is 0 Å². The Balaban J connectivity index is 1.64. The van der Waals surface area contributed by atoms with Gasteiger partial charge in [-0.05, 0) is 55.5 Å². The zero-order valence-electron chi connectivity index (χ0n) is 14.0. The molecule has 0 saturated carbocycles. The summed E-state index contributed by atoms with van der Waals surface area (Å²) < 4.78 is 0. The van der Waals surface area contributed by atoms with Crippen molar-refractivity contribution in [3.05, 3.63) is 69.1 Å². The second kappa shape index (κ2) is 8.39. The summed E-state index contributed by atoms with van der Waals surface area (Å²) in [5.74, 6) is -0.307. The summed E-state index contributed by atoms with van der Waals surface area (Å²) in [6, 6.07) is 13.0. The lowest BCUT2D eigenvalue weighted by Crippen LogP contribution is -2.19. The van der Waals surface area contributed by atoms with Gasteiger partial charge in [0.05, 0.1) is 5.69 Å². The number of hydrogen-bond acceptors (Lipinski definition) is 4. The highest BCUT2D eigenvalue weighted by Gasteiger charge is 2.17. The van der Waals surface area contributed by atoms with Crippen molar-refractivity contribution in [1.29, 1.82) is 0 Å². The van der Waals surface area contributed by atoms with Crippen molar-refractivity contribution >= 4 is 63.0 Å². The average molecular weight is 421 g/mol. The zero-order valence-corrected chi connectivity index (χ0v) is 16.4. The van der Waals surface area contributed by atoms with Crippen molar-refractivity contribution in [2.24, 2.45) is 0 Å². The molecule has 0 radical (unpaired) electrons. The minimum atomic E-state index is -0.462. The number of halogens is 2. The van der Waals surface area contributed by atoms with E-state index in [-0.39, 0.29) is 5.91 Å². The minimum Gasteiger partial charge on any atom is -0.321 e.